The van der Waals surface area contributed by atoms with Crippen LogP contribution in [-0.2, 0) is 0 Å². The lowest BCUT2D eigenvalue weighted by molar-refractivity contribution is 0.340. The number of nitrogens with zero attached hydrogens (tertiary/aromatic N) is 3. The molecule has 0 radical (unpaired) electrons. The first-order chi connectivity index (χ1) is 12.7. The zero-order valence-corrected chi connectivity index (χ0v) is 16.3. The first kappa shape index (κ1) is 18.1. The predicted molar refractivity (Wildman–Crippen MR) is 109 cm³/mol. The molecule has 0 bridgehead atoms. The van der Waals surface area contributed by atoms with E-state index in [9.17, 15) is 5.26 Å². The predicted octanol–water partition coefficient (Wildman–Crippen LogP) is 5.31. The molecular weight excluding hydrogens is 412 g/mol. The molecule has 26 heavy (non-hydrogen) atoms. The third-order valence-corrected chi connectivity index (χ3v) is 4.74. The largest absolute Gasteiger partial charge is 0.494 e. The Morgan fingerprint density at radius 3 is 2.81 bits per heavy atom. The number of thiazole rings is 1. The van der Waals surface area contributed by atoms with E-state index in [1.54, 1.807) is 0 Å². The molecule has 1 aromatic heterocycles. The van der Waals surface area contributed by atoms with Crippen LogP contribution in [0.4, 0.5) is 5.69 Å². The summed E-state index contributed by atoms with van der Waals surface area (Å²) in [4.78, 5) is 4.53. The van der Waals surface area contributed by atoms with Crippen LogP contribution in [-0.4, -0.2) is 17.3 Å². The molecule has 0 aliphatic rings. The summed E-state index contributed by atoms with van der Waals surface area (Å²) in [6.45, 7) is 2.56. The standard InChI is InChI=1S/C19H15BrN4OS/c1-2-25-16-8-6-15(7-9-16)23-24-17(11-21)19-22-18(12-26-19)13-4-3-5-14(20)10-13/h3-10,12,23H,2H2,1H3/b24-17-. The van der Waals surface area contributed by atoms with Crippen molar-refractivity contribution >= 4 is 38.7 Å². The molecule has 5 nitrogen and oxygen atoms in total. The van der Waals surface area contributed by atoms with Gasteiger partial charge < -0.3 is 4.74 Å². The third kappa shape index (κ3) is 4.48. The van der Waals surface area contributed by atoms with Crippen molar-refractivity contribution in [1.82, 2.24) is 4.98 Å². The van der Waals surface area contributed by atoms with E-state index in [1.165, 1.54) is 11.3 Å². The van der Waals surface area contributed by atoms with Crippen molar-refractivity contribution in [3.05, 3.63) is 63.4 Å². The summed E-state index contributed by atoms with van der Waals surface area (Å²) in [7, 11) is 0. The van der Waals surface area contributed by atoms with Crippen molar-refractivity contribution in [2.45, 2.75) is 6.92 Å². The van der Waals surface area contributed by atoms with Gasteiger partial charge >= 0.3 is 0 Å². The molecule has 0 saturated carbocycles. The number of nitrogens with one attached hydrogen (secondary N) is 1. The van der Waals surface area contributed by atoms with Crippen molar-refractivity contribution in [1.29, 1.82) is 5.26 Å². The number of halogens is 1. The highest BCUT2D eigenvalue weighted by Gasteiger charge is 2.10. The molecule has 0 aliphatic carbocycles. The van der Waals surface area contributed by atoms with Crippen LogP contribution in [0.3, 0.4) is 0 Å². The molecule has 130 valence electrons. The fourth-order valence-electron chi connectivity index (χ4n) is 2.20. The quantitative estimate of drug-likeness (QED) is 0.428. The first-order valence-electron chi connectivity index (χ1n) is 7.88. The van der Waals surface area contributed by atoms with E-state index in [1.807, 2.05) is 60.8 Å². The van der Waals surface area contributed by atoms with Crippen LogP contribution in [0.15, 0.2) is 63.5 Å². The van der Waals surface area contributed by atoms with Gasteiger partial charge in [0, 0.05) is 15.4 Å². The monoisotopic (exact) mass is 426 g/mol. The lowest BCUT2D eigenvalue weighted by atomic mass is 10.2. The molecule has 0 amide bonds. The Morgan fingerprint density at radius 1 is 1.31 bits per heavy atom. The Balaban J connectivity index is 1.76. The van der Waals surface area contributed by atoms with Gasteiger partial charge in [-0.1, -0.05) is 28.1 Å². The number of hydrogen-bond acceptors (Lipinski definition) is 6. The molecular formula is C19H15BrN4OS. The highest BCUT2D eigenvalue weighted by atomic mass is 79.9. The van der Waals surface area contributed by atoms with Crippen molar-refractivity contribution in [3.63, 3.8) is 0 Å². The van der Waals surface area contributed by atoms with Gasteiger partial charge in [-0.15, -0.1) is 11.3 Å². The molecule has 7 heteroatoms. The van der Waals surface area contributed by atoms with Crippen LogP contribution in [0, 0.1) is 11.3 Å². The average molecular weight is 427 g/mol. The molecule has 0 atom stereocenters. The van der Waals surface area contributed by atoms with Crippen LogP contribution >= 0.6 is 27.3 Å². The fourth-order valence-corrected chi connectivity index (χ4v) is 3.36. The Hall–Kier alpha value is -2.69. The van der Waals surface area contributed by atoms with Crippen LogP contribution in [0.2, 0.25) is 0 Å². The summed E-state index contributed by atoms with van der Waals surface area (Å²) in [5.41, 5.74) is 5.70. The Kier molecular flexibility index (Phi) is 6.00. The molecule has 0 unspecified atom stereocenters. The maximum atomic E-state index is 9.41. The molecule has 3 rings (SSSR count). The Bertz CT molecular complexity index is 960. The lowest BCUT2D eigenvalue weighted by Crippen LogP contribution is -2.01. The van der Waals surface area contributed by atoms with E-state index in [2.05, 4.69) is 37.5 Å². The van der Waals surface area contributed by atoms with Gasteiger partial charge in [-0.2, -0.15) is 10.4 Å². The second-order valence-corrected chi connectivity index (χ2v) is 6.96. The number of ether oxygens (including phenoxy) is 1. The maximum Gasteiger partial charge on any atom is 0.196 e. The minimum atomic E-state index is 0.241. The number of benzene rings is 2. The summed E-state index contributed by atoms with van der Waals surface area (Å²) in [5.74, 6) is 0.793. The number of nitriles is 1. The Morgan fingerprint density at radius 2 is 2.12 bits per heavy atom. The minimum Gasteiger partial charge on any atom is -0.494 e. The first-order valence-corrected chi connectivity index (χ1v) is 9.55. The zero-order valence-electron chi connectivity index (χ0n) is 13.9. The van der Waals surface area contributed by atoms with Crippen molar-refractivity contribution in [2.75, 3.05) is 12.0 Å². The van der Waals surface area contributed by atoms with Gasteiger partial charge in [0.25, 0.3) is 0 Å². The van der Waals surface area contributed by atoms with Crippen molar-refractivity contribution in [3.8, 4) is 23.1 Å². The van der Waals surface area contributed by atoms with Crippen molar-refractivity contribution < 1.29 is 4.74 Å². The van der Waals surface area contributed by atoms with Gasteiger partial charge in [0.1, 0.15) is 11.8 Å². The number of hydrazone groups is 1. The van der Waals surface area contributed by atoms with E-state index >= 15 is 0 Å². The maximum absolute atomic E-state index is 9.41. The summed E-state index contributed by atoms with van der Waals surface area (Å²) in [5, 5.41) is 16.1. The summed E-state index contributed by atoms with van der Waals surface area (Å²) >= 11 is 4.84. The van der Waals surface area contributed by atoms with E-state index < -0.39 is 0 Å². The third-order valence-electron chi connectivity index (χ3n) is 3.40. The van der Waals surface area contributed by atoms with E-state index in [0.717, 1.165) is 27.2 Å². The summed E-state index contributed by atoms with van der Waals surface area (Å²) in [6.07, 6.45) is 0. The topological polar surface area (TPSA) is 70.3 Å². The molecule has 1 N–H and O–H groups in total. The SMILES string of the molecule is CCOc1ccc(N/N=C(/C#N)c2nc(-c3cccc(Br)c3)cs2)cc1. The van der Waals surface area contributed by atoms with Crippen LogP contribution < -0.4 is 10.2 Å². The second kappa shape index (κ2) is 8.61. The van der Waals surface area contributed by atoms with Gasteiger partial charge in [-0.3, -0.25) is 5.43 Å². The number of hydrogen-bond donors (Lipinski definition) is 1. The zero-order chi connectivity index (χ0) is 18.4. The van der Waals surface area contributed by atoms with Gasteiger partial charge in [0.05, 0.1) is 18.0 Å². The minimum absolute atomic E-state index is 0.241. The highest BCUT2D eigenvalue weighted by Crippen LogP contribution is 2.25. The number of aromatic nitrogens is 1. The fraction of sp³-hybridized carbons (Fsp3) is 0.105. The van der Waals surface area contributed by atoms with Gasteiger partial charge in [-0.05, 0) is 43.3 Å². The molecule has 2 aromatic carbocycles. The highest BCUT2D eigenvalue weighted by molar-refractivity contribution is 9.10. The van der Waals surface area contributed by atoms with E-state index in [4.69, 9.17) is 4.74 Å². The number of rotatable bonds is 6. The molecule has 0 aliphatic heterocycles. The average Bonchev–Trinajstić information content (AvgIpc) is 3.14. The Labute approximate surface area is 164 Å². The molecule has 1 heterocycles. The summed E-state index contributed by atoms with van der Waals surface area (Å²) < 4.78 is 6.38. The van der Waals surface area contributed by atoms with Crippen LogP contribution in [0.1, 0.15) is 11.9 Å². The van der Waals surface area contributed by atoms with Gasteiger partial charge in [0.2, 0.25) is 0 Å². The molecule has 3 aromatic rings. The van der Waals surface area contributed by atoms with E-state index in [-0.39, 0.29) is 5.71 Å². The molecule has 0 saturated heterocycles. The van der Waals surface area contributed by atoms with Gasteiger partial charge in [0.15, 0.2) is 10.7 Å². The summed E-state index contributed by atoms with van der Waals surface area (Å²) in [6, 6.07) is 17.4. The van der Waals surface area contributed by atoms with Crippen molar-refractivity contribution in [2.24, 2.45) is 5.10 Å². The molecule has 0 fully saturated rings. The molecule has 0 spiro atoms. The van der Waals surface area contributed by atoms with Gasteiger partial charge in [-0.25, -0.2) is 4.98 Å². The lowest BCUT2D eigenvalue weighted by Gasteiger charge is -2.04. The van der Waals surface area contributed by atoms with E-state index in [0.29, 0.717) is 11.6 Å². The smallest absolute Gasteiger partial charge is 0.196 e. The second-order valence-electron chi connectivity index (χ2n) is 5.19. The van der Waals surface area contributed by atoms with Crippen LogP contribution in [0.5, 0.6) is 5.75 Å². The van der Waals surface area contributed by atoms with Crippen LogP contribution in [0.25, 0.3) is 11.3 Å². The number of anilines is 1. The normalized spacial score (nSPS) is 11.0.